The van der Waals surface area contributed by atoms with Crippen molar-refractivity contribution >= 4 is 13.9 Å². The van der Waals surface area contributed by atoms with Crippen LogP contribution in [-0.4, -0.2) is 16.9 Å². The van der Waals surface area contributed by atoms with Gasteiger partial charge in [-0.05, 0) is 12.1 Å². The van der Waals surface area contributed by atoms with Crippen LogP contribution in [0.4, 0.5) is 5.69 Å². The summed E-state index contributed by atoms with van der Waals surface area (Å²) >= 11 is 0. The summed E-state index contributed by atoms with van der Waals surface area (Å²) in [6.07, 6.45) is 0. The minimum absolute atomic E-state index is 0.206. The Hall–Kier alpha value is -1.43. The first-order valence-electron chi connectivity index (χ1n) is 4.21. The second-order valence-corrected chi connectivity index (χ2v) is 3.63. The summed E-state index contributed by atoms with van der Waals surface area (Å²) in [5, 5.41) is 10.7. The summed E-state index contributed by atoms with van der Waals surface area (Å²) in [7, 11) is -1.70. The van der Waals surface area contributed by atoms with E-state index in [1.807, 2.05) is 0 Å². The molecular weight excluding hydrogens is 237 g/mol. The van der Waals surface area contributed by atoms with Crippen molar-refractivity contribution in [2.24, 2.45) is 0 Å². The molecule has 16 heavy (non-hydrogen) atoms. The Labute approximate surface area is 91.7 Å². The molecule has 1 unspecified atom stereocenters. The van der Waals surface area contributed by atoms with E-state index in [0.29, 0.717) is 5.75 Å². The van der Waals surface area contributed by atoms with Gasteiger partial charge in [0.25, 0.3) is 5.69 Å². The number of benzene rings is 1. The molecule has 0 saturated carbocycles. The molecule has 0 aliphatic rings. The zero-order valence-electron chi connectivity index (χ0n) is 8.37. The van der Waals surface area contributed by atoms with Crippen LogP contribution in [-0.2, 0) is 15.7 Å². The fraction of sp³-hybridized carbons (Fsp3) is 0.250. The number of nitro benzene ring substituents is 1. The molecule has 0 aromatic heterocycles. The zero-order valence-corrected chi connectivity index (χ0v) is 9.37. The second kappa shape index (κ2) is 5.60. The minimum Gasteiger partial charge on any atom is -0.497 e. The Balaban J connectivity index is 2.98. The highest BCUT2D eigenvalue weighted by atomic mass is 31.1. The fourth-order valence-electron chi connectivity index (χ4n) is 1.10. The Morgan fingerprint density at radius 1 is 1.56 bits per heavy atom. The number of nitrogens with zero attached hydrogens (tertiary/aromatic N) is 1. The van der Waals surface area contributed by atoms with Crippen molar-refractivity contribution in [2.75, 3.05) is 7.11 Å². The van der Waals surface area contributed by atoms with Gasteiger partial charge in [0.2, 0.25) is 0 Å². The summed E-state index contributed by atoms with van der Waals surface area (Å²) in [5.41, 5.74) is 0.0146. The first-order valence-corrected chi connectivity index (χ1v) is 5.48. The highest BCUT2D eigenvalue weighted by Crippen LogP contribution is 2.27. The maximum absolute atomic E-state index is 10.7. The van der Waals surface area contributed by atoms with Gasteiger partial charge in [-0.3, -0.25) is 14.7 Å². The lowest BCUT2D eigenvalue weighted by atomic mass is 10.2. The van der Waals surface area contributed by atoms with Crippen LogP contribution in [0.3, 0.4) is 0 Å². The van der Waals surface area contributed by atoms with E-state index in [-0.39, 0.29) is 17.9 Å². The van der Waals surface area contributed by atoms with Gasteiger partial charge in [-0.1, -0.05) is 0 Å². The molecule has 0 saturated heterocycles. The van der Waals surface area contributed by atoms with Gasteiger partial charge in [-0.15, -0.1) is 0 Å². The lowest BCUT2D eigenvalue weighted by Gasteiger charge is -2.04. The van der Waals surface area contributed by atoms with Crippen molar-refractivity contribution in [1.82, 2.24) is 0 Å². The molecular formula is C8H10NO6P. The van der Waals surface area contributed by atoms with Gasteiger partial charge in [-0.2, -0.15) is 0 Å². The van der Waals surface area contributed by atoms with Crippen LogP contribution < -0.4 is 4.74 Å². The monoisotopic (exact) mass is 247 g/mol. The molecule has 0 heterocycles. The average molecular weight is 247 g/mol. The van der Waals surface area contributed by atoms with Crippen LogP contribution in [0.5, 0.6) is 5.75 Å². The Bertz CT molecular complexity index is 421. The molecule has 0 spiro atoms. The molecule has 0 radical (unpaired) electrons. The van der Waals surface area contributed by atoms with Crippen LogP contribution in [0.15, 0.2) is 18.2 Å². The summed E-state index contributed by atoms with van der Waals surface area (Å²) in [6, 6.07) is 4.16. The molecule has 0 fully saturated rings. The van der Waals surface area contributed by atoms with Crippen molar-refractivity contribution in [2.45, 2.75) is 6.61 Å². The zero-order chi connectivity index (χ0) is 12.1. The molecule has 1 aromatic carbocycles. The molecule has 1 aromatic rings. The summed E-state index contributed by atoms with van der Waals surface area (Å²) in [6.45, 7) is -0.283. The second-order valence-electron chi connectivity index (χ2n) is 2.81. The van der Waals surface area contributed by atoms with Crippen molar-refractivity contribution < 1.29 is 23.6 Å². The highest BCUT2D eigenvalue weighted by molar-refractivity contribution is 7.32. The highest BCUT2D eigenvalue weighted by Gasteiger charge is 2.15. The maximum atomic E-state index is 10.7. The van der Waals surface area contributed by atoms with Crippen LogP contribution in [0.2, 0.25) is 0 Å². The molecule has 1 rings (SSSR count). The molecule has 8 heteroatoms. The van der Waals surface area contributed by atoms with E-state index in [9.17, 15) is 14.7 Å². The van der Waals surface area contributed by atoms with Gasteiger partial charge in [0, 0.05) is 0 Å². The molecule has 0 amide bonds. The van der Waals surface area contributed by atoms with Crippen molar-refractivity contribution in [3.8, 4) is 5.75 Å². The first-order chi connectivity index (χ1) is 7.54. The van der Waals surface area contributed by atoms with Gasteiger partial charge in [-0.25, -0.2) is 0 Å². The van der Waals surface area contributed by atoms with Crippen LogP contribution in [0.25, 0.3) is 0 Å². The van der Waals surface area contributed by atoms with Crippen molar-refractivity contribution in [1.29, 1.82) is 0 Å². The van der Waals surface area contributed by atoms with Crippen LogP contribution in [0.1, 0.15) is 5.56 Å². The van der Waals surface area contributed by atoms with E-state index in [1.165, 1.54) is 25.3 Å². The summed E-state index contributed by atoms with van der Waals surface area (Å²) in [5.74, 6) is 0.340. The van der Waals surface area contributed by atoms with Gasteiger partial charge in [0.05, 0.1) is 30.3 Å². The molecule has 0 aliphatic heterocycles. The SMILES string of the molecule is COc1ccc(CO[PH](=O)O)c([N+](=O)[O-])c1. The van der Waals surface area contributed by atoms with Gasteiger partial charge < -0.3 is 14.2 Å². The Morgan fingerprint density at radius 3 is 2.75 bits per heavy atom. The minimum atomic E-state index is -3.09. The smallest absolute Gasteiger partial charge is 0.316 e. The predicted molar refractivity (Wildman–Crippen MR) is 55.7 cm³/mol. The van der Waals surface area contributed by atoms with E-state index < -0.39 is 13.2 Å². The third-order valence-corrected chi connectivity index (χ3v) is 2.23. The lowest BCUT2D eigenvalue weighted by molar-refractivity contribution is -0.385. The average Bonchev–Trinajstić information content (AvgIpc) is 2.25. The maximum Gasteiger partial charge on any atom is 0.316 e. The number of methoxy groups -OCH3 is 1. The Kier molecular flexibility index (Phi) is 4.42. The van der Waals surface area contributed by atoms with Crippen LogP contribution in [0, 0.1) is 10.1 Å². The molecule has 1 atom stereocenters. The van der Waals surface area contributed by atoms with Gasteiger partial charge >= 0.3 is 8.25 Å². The van der Waals surface area contributed by atoms with E-state index >= 15 is 0 Å². The quantitative estimate of drug-likeness (QED) is 0.481. The lowest BCUT2D eigenvalue weighted by Crippen LogP contribution is -1.97. The normalized spacial score (nSPS) is 12.1. The largest absolute Gasteiger partial charge is 0.497 e. The van der Waals surface area contributed by atoms with E-state index in [4.69, 9.17) is 9.63 Å². The van der Waals surface area contributed by atoms with Crippen molar-refractivity contribution in [3.05, 3.63) is 33.9 Å². The number of nitro groups is 1. The number of hydrogen-bond donors (Lipinski definition) is 1. The van der Waals surface area contributed by atoms with E-state index in [2.05, 4.69) is 4.52 Å². The van der Waals surface area contributed by atoms with Crippen LogP contribution >= 0.6 is 8.25 Å². The van der Waals surface area contributed by atoms with E-state index in [0.717, 1.165) is 0 Å². The van der Waals surface area contributed by atoms with Gasteiger partial charge in [0.1, 0.15) is 5.75 Å². The first kappa shape index (κ1) is 12.6. The fourth-order valence-corrected chi connectivity index (χ4v) is 1.38. The summed E-state index contributed by atoms with van der Waals surface area (Å²) in [4.78, 5) is 18.6. The van der Waals surface area contributed by atoms with E-state index in [1.54, 1.807) is 0 Å². The number of hydrogen-bond acceptors (Lipinski definition) is 5. The Morgan fingerprint density at radius 2 is 2.25 bits per heavy atom. The predicted octanol–water partition coefficient (Wildman–Crippen LogP) is 1.50. The molecule has 1 N–H and O–H groups in total. The van der Waals surface area contributed by atoms with Gasteiger partial charge in [0.15, 0.2) is 0 Å². The topological polar surface area (TPSA) is 98.9 Å². The third-order valence-electron chi connectivity index (χ3n) is 1.84. The molecule has 0 aliphatic carbocycles. The third kappa shape index (κ3) is 3.30. The molecule has 88 valence electrons. The van der Waals surface area contributed by atoms with Crippen molar-refractivity contribution in [3.63, 3.8) is 0 Å². The molecule has 7 nitrogen and oxygen atoms in total. The summed E-state index contributed by atoms with van der Waals surface area (Å²) < 4.78 is 19.6. The molecule has 0 bridgehead atoms. The number of rotatable bonds is 5. The standard InChI is InChI=1S/C8H10NO6P/c1-14-7-3-2-6(5-15-16(12)13)8(4-7)9(10)11/h2-4,16H,5H2,1H3,(H,12,13). The number of ether oxygens (including phenoxy) is 1.